The molecule has 1 amide bonds. The first kappa shape index (κ1) is 16.5. The van der Waals surface area contributed by atoms with Crippen molar-refractivity contribution < 1.29 is 4.79 Å². The normalized spacial score (nSPS) is 10.8. The zero-order valence-electron chi connectivity index (χ0n) is 13.2. The van der Waals surface area contributed by atoms with Crippen molar-refractivity contribution in [2.75, 3.05) is 5.32 Å². The van der Waals surface area contributed by atoms with Crippen LogP contribution in [0.1, 0.15) is 10.4 Å². The van der Waals surface area contributed by atoms with Gasteiger partial charge in [-0.3, -0.25) is 4.79 Å². The minimum atomic E-state index is -0.344. The largest absolute Gasteiger partial charge is 0.322 e. The maximum absolute atomic E-state index is 12.3. The SMILES string of the molecule is O=C(Nc1ccn2nc(-c3ccccc3)nc2c1)c1cnc(Cl)c(Cl)c1. The van der Waals surface area contributed by atoms with E-state index in [2.05, 4.69) is 20.4 Å². The van der Waals surface area contributed by atoms with Gasteiger partial charge >= 0.3 is 0 Å². The van der Waals surface area contributed by atoms with E-state index in [1.54, 1.807) is 22.8 Å². The van der Waals surface area contributed by atoms with Crippen LogP contribution in [0.3, 0.4) is 0 Å². The molecule has 1 aromatic carbocycles. The monoisotopic (exact) mass is 383 g/mol. The van der Waals surface area contributed by atoms with Gasteiger partial charge in [-0.2, -0.15) is 0 Å². The smallest absolute Gasteiger partial charge is 0.257 e. The van der Waals surface area contributed by atoms with Crippen LogP contribution >= 0.6 is 23.2 Å². The highest BCUT2D eigenvalue weighted by molar-refractivity contribution is 6.41. The maximum Gasteiger partial charge on any atom is 0.257 e. The first-order valence-corrected chi connectivity index (χ1v) is 8.40. The Hall–Kier alpha value is -2.96. The summed E-state index contributed by atoms with van der Waals surface area (Å²) in [6.45, 7) is 0. The van der Waals surface area contributed by atoms with Gasteiger partial charge in [-0.05, 0) is 12.1 Å². The average molecular weight is 384 g/mol. The zero-order valence-corrected chi connectivity index (χ0v) is 14.7. The number of nitrogens with one attached hydrogen (secondary N) is 1. The van der Waals surface area contributed by atoms with Gasteiger partial charge in [-0.15, -0.1) is 5.10 Å². The molecule has 128 valence electrons. The van der Waals surface area contributed by atoms with Gasteiger partial charge in [0.2, 0.25) is 0 Å². The van der Waals surface area contributed by atoms with E-state index in [-0.39, 0.29) is 16.1 Å². The molecule has 0 spiro atoms. The molecule has 0 bridgehead atoms. The lowest BCUT2D eigenvalue weighted by Crippen LogP contribution is -2.12. The zero-order chi connectivity index (χ0) is 18.1. The number of hydrogen-bond acceptors (Lipinski definition) is 4. The third kappa shape index (κ3) is 3.24. The number of anilines is 1. The van der Waals surface area contributed by atoms with E-state index in [0.29, 0.717) is 22.7 Å². The second kappa shape index (κ2) is 6.74. The molecular weight excluding hydrogens is 373 g/mol. The molecule has 0 saturated carbocycles. The van der Waals surface area contributed by atoms with E-state index in [9.17, 15) is 4.79 Å². The fourth-order valence-corrected chi connectivity index (χ4v) is 2.69. The second-order valence-electron chi connectivity index (χ2n) is 5.47. The Morgan fingerprint density at radius 1 is 1.08 bits per heavy atom. The summed E-state index contributed by atoms with van der Waals surface area (Å²) in [7, 11) is 0. The molecular formula is C18H11Cl2N5O. The number of hydrogen-bond donors (Lipinski definition) is 1. The maximum atomic E-state index is 12.3. The Kier molecular flexibility index (Phi) is 4.28. The number of carbonyl (C=O) groups excluding carboxylic acids is 1. The minimum absolute atomic E-state index is 0.154. The van der Waals surface area contributed by atoms with Crippen LogP contribution in [0.5, 0.6) is 0 Å². The number of aromatic nitrogens is 4. The molecule has 4 aromatic rings. The van der Waals surface area contributed by atoms with Crippen molar-refractivity contribution in [2.24, 2.45) is 0 Å². The lowest BCUT2D eigenvalue weighted by molar-refractivity contribution is 0.102. The predicted molar refractivity (Wildman–Crippen MR) is 101 cm³/mol. The fraction of sp³-hybridized carbons (Fsp3) is 0. The number of rotatable bonds is 3. The minimum Gasteiger partial charge on any atom is -0.322 e. The number of nitrogens with zero attached hydrogens (tertiary/aromatic N) is 4. The van der Waals surface area contributed by atoms with Crippen LogP contribution in [0.4, 0.5) is 5.69 Å². The molecule has 0 saturated heterocycles. The number of benzene rings is 1. The first-order chi connectivity index (χ1) is 12.6. The third-order valence-electron chi connectivity index (χ3n) is 3.69. The summed E-state index contributed by atoms with van der Waals surface area (Å²) in [4.78, 5) is 20.7. The highest BCUT2D eigenvalue weighted by Crippen LogP contribution is 2.21. The van der Waals surface area contributed by atoms with Gasteiger partial charge in [-0.25, -0.2) is 14.5 Å². The van der Waals surface area contributed by atoms with E-state index in [0.717, 1.165) is 5.56 Å². The van der Waals surface area contributed by atoms with Crippen molar-refractivity contribution in [3.05, 3.63) is 76.7 Å². The van der Waals surface area contributed by atoms with Crippen LogP contribution < -0.4 is 5.32 Å². The quantitative estimate of drug-likeness (QED) is 0.533. The molecule has 0 radical (unpaired) electrons. The lowest BCUT2D eigenvalue weighted by atomic mass is 10.2. The molecule has 0 aliphatic heterocycles. The van der Waals surface area contributed by atoms with Gasteiger partial charge < -0.3 is 5.32 Å². The van der Waals surface area contributed by atoms with Gasteiger partial charge in [0.15, 0.2) is 11.5 Å². The number of carbonyl (C=O) groups is 1. The van der Waals surface area contributed by atoms with E-state index in [1.165, 1.54) is 12.3 Å². The van der Waals surface area contributed by atoms with Crippen LogP contribution in [-0.2, 0) is 0 Å². The topological polar surface area (TPSA) is 72.2 Å². The number of amides is 1. The van der Waals surface area contributed by atoms with Crippen molar-refractivity contribution >= 4 is 40.4 Å². The van der Waals surface area contributed by atoms with Gasteiger partial charge in [0, 0.05) is 29.7 Å². The highest BCUT2D eigenvalue weighted by atomic mass is 35.5. The third-order valence-corrected chi connectivity index (χ3v) is 4.37. The van der Waals surface area contributed by atoms with Crippen LogP contribution in [-0.4, -0.2) is 25.5 Å². The molecule has 8 heteroatoms. The van der Waals surface area contributed by atoms with Crippen LogP contribution in [0.2, 0.25) is 10.2 Å². The molecule has 4 rings (SSSR count). The Morgan fingerprint density at radius 3 is 2.65 bits per heavy atom. The molecule has 3 aromatic heterocycles. The summed E-state index contributed by atoms with van der Waals surface area (Å²) < 4.78 is 1.65. The standard InChI is InChI=1S/C18H11Cl2N5O/c19-14-8-12(10-21-16(14)20)18(26)22-13-6-7-25-15(9-13)23-17(24-25)11-4-2-1-3-5-11/h1-10H,(H,22,26). The number of halogens is 2. The van der Waals surface area contributed by atoms with Crippen molar-refractivity contribution in [1.29, 1.82) is 0 Å². The summed E-state index contributed by atoms with van der Waals surface area (Å²) in [6.07, 6.45) is 3.10. The molecule has 0 atom stereocenters. The van der Waals surface area contributed by atoms with Crippen molar-refractivity contribution in [2.45, 2.75) is 0 Å². The highest BCUT2D eigenvalue weighted by Gasteiger charge is 2.11. The van der Waals surface area contributed by atoms with Crippen molar-refractivity contribution in [3.63, 3.8) is 0 Å². The number of pyridine rings is 2. The van der Waals surface area contributed by atoms with Gasteiger partial charge in [0.1, 0.15) is 5.15 Å². The summed E-state index contributed by atoms with van der Waals surface area (Å²) in [5, 5.41) is 7.59. The molecule has 1 N–H and O–H groups in total. The molecule has 26 heavy (non-hydrogen) atoms. The molecule has 0 aliphatic rings. The van der Waals surface area contributed by atoms with E-state index in [4.69, 9.17) is 23.2 Å². The van der Waals surface area contributed by atoms with E-state index >= 15 is 0 Å². The van der Waals surface area contributed by atoms with Crippen LogP contribution in [0, 0.1) is 0 Å². The summed E-state index contributed by atoms with van der Waals surface area (Å²) in [6, 6.07) is 14.6. The Balaban J connectivity index is 1.61. The molecule has 3 heterocycles. The second-order valence-corrected chi connectivity index (χ2v) is 6.24. The predicted octanol–water partition coefficient (Wildman–Crippen LogP) is 4.35. The van der Waals surface area contributed by atoms with Crippen molar-refractivity contribution in [3.8, 4) is 11.4 Å². The Morgan fingerprint density at radius 2 is 1.88 bits per heavy atom. The summed E-state index contributed by atoms with van der Waals surface area (Å²) in [5.74, 6) is 0.269. The first-order valence-electron chi connectivity index (χ1n) is 7.64. The Labute approximate surface area is 158 Å². The molecule has 0 fully saturated rings. The van der Waals surface area contributed by atoms with Crippen LogP contribution in [0.25, 0.3) is 17.0 Å². The fourth-order valence-electron chi connectivity index (χ4n) is 2.42. The Bertz CT molecular complexity index is 1110. The van der Waals surface area contributed by atoms with Gasteiger partial charge in [0.25, 0.3) is 5.91 Å². The van der Waals surface area contributed by atoms with E-state index < -0.39 is 0 Å². The average Bonchev–Trinajstić information content (AvgIpc) is 3.08. The van der Waals surface area contributed by atoms with Gasteiger partial charge in [0.05, 0.1) is 10.6 Å². The lowest BCUT2D eigenvalue weighted by Gasteiger charge is -2.05. The molecule has 6 nitrogen and oxygen atoms in total. The van der Waals surface area contributed by atoms with E-state index in [1.807, 2.05) is 30.3 Å². The molecule has 0 unspecified atom stereocenters. The molecule has 0 aliphatic carbocycles. The summed E-state index contributed by atoms with van der Waals surface area (Å²) >= 11 is 11.7. The van der Waals surface area contributed by atoms with Crippen molar-refractivity contribution in [1.82, 2.24) is 19.6 Å². The van der Waals surface area contributed by atoms with Gasteiger partial charge in [-0.1, -0.05) is 53.5 Å². The van der Waals surface area contributed by atoms with Crippen LogP contribution in [0.15, 0.2) is 60.9 Å². The number of fused-ring (bicyclic) bond motifs is 1. The summed E-state index contributed by atoms with van der Waals surface area (Å²) in [5.41, 5.74) is 2.43.